The lowest BCUT2D eigenvalue weighted by molar-refractivity contribution is 0.563. The molecule has 0 aromatic carbocycles. The molecule has 1 aromatic heterocycles. The van der Waals surface area contributed by atoms with Gasteiger partial charge in [0.25, 0.3) is 0 Å². The molecular formula is C11H18N2O2S2. The van der Waals surface area contributed by atoms with Gasteiger partial charge in [-0.2, -0.15) is 11.3 Å². The van der Waals surface area contributed by atoms with Gasteiger partial charge < -0.3 is 5.32 Å². The molecule has 1 fully saturated rings. The van der Waals surface area contributed by atoms with Crippen LogP contribution in [-0.2, 0) is 16.6 Å². The summed E-state index contributed by atoms with van der Waals surface area (Å²) in [4.78, 5) is 0. The minimum absolute atomic E-state index is 0.121. The van der Waals surface area contributed by atoms with Gasteiger partial charge in [0.15, 0.2) is 0 Å². The van der Waals surface area contributed by atoms with Crippen LogP contribution in [0.25, 0.3) is 0 Å². The Labute approximate surface area is 106 Å². The fraction of sp³-hybridized carbons (Fsp3) is 0.636. The SMILES string of the molecule is Cc1cscc1CNS(=O)(=O)CC1CCCN1. The van der Waals surface area contributed by atoms with E-state index in [1.807, 2.05) is 17.7 Å². The molecule has 0 saturated carbocycles. The largest absolute Gasteiger partial charge is 0.313 e. The van der Waals surface area contributed by atoms with E-state index in [1.165, 1.54) is 0 Å². The van der Waals surface area contributed by atoms with E-state index in [4.69, 9.17) is 0 Å². The Morgan fingerprint density at radius 2 is 2.35 bits per heavy atom. The second kappa shape index (κ2) is 5.48. The molecule has 0 radical (unpaired) electrons. The number of hydrogen-bond acceptors (Lipinski definition) is 4. The topological polar surface area (TPSA) is 58.2 Å². The molecule has 2 heterocycles. The lowest BCUT2D eigenvalue weighted by Crippen LogP contribution is -2.36. The minimum atomic E-state index is -3.17. The maximum atomic E-state index is 11.8. The normalized spacial score (nSPS) is 20.9. The van der Waals surface area contributed by atoms with Gasteiger partial charge in [-0.1, -0.05) is 0 Å². The average molecular weight is 274 g/mol. The monoisotopic (exact) mass is 274 g/mol. The van der Waals surface area contributed by atoms with Gasteiger partial charge >= 0.3 is 0 Å². The molecule has 2 N–H and O–H groups in total. The van der Waals surface area contributed by atoms with E-state index >= 15 is 0 Å². The van der Waals surface area contributed by atoms with Crippen molar-refractivity contribution in [3.8, 4) is 0 Å². The van der Waals surface area contributed by atoms with Crippen molar-refractivity contribution in [2.75, 3.05) is 12.3 Å². The molecule has 4 nitrogen and oxygen atoms in total. The summed E-state index contributed by atoms with van der Waals surface area (Å²) in [7, 11) is -3.17. The molecule has 1 unspecified atom stereocenters. The highest BCUT2D eigenvalue weighted by atomic mass is 32.2. The van der Waals surface area contributed by atoms with Crippen molar-refractivity contribution in [2.45, 2.75) is 32.4 Å². The molecule has 96 valence electrons. The van der Waals surface area contributed by atoms with E-state index in [0.717, 1.165) is 30.5 Å². The number of thiophene rings is 1. The summed E-state index contributed by atoms with van der Waals surface area (Å²) < 4.78 is 26.4. The minimum Gasteiger partial charge on any atom is -0.313 e. The third-order valence-corrected chi connectivity index (χ3v) is 5.36. The van der Waals surface area contributed by atoms with Crippen LogP contribution in [0.15, 0.2) is 10.8 Å². The van der Waals surface area contributed by atoms with Crippen molar-refractivity contribution in [1.82, 2.24) is 10.0 Å². The van der Waals surface area contributed by atoms with Crippen molar-refractivity contribution in [3.63, 3.8) is 0 Å². The first-order valence-electron chi connectivity index (χ1n) is 5.79. The van der Waals surface area contributed by atoms with E-state index in [0.29, 0.717) is 6.54 Å². The Morgan fingerprint density at radius 3 is 2.94 bits per heavy atom. The first-order chi connectivity index (χ1) is 8.07. The smallest absolute Gasteiger partial charge is 0.213 e. The molecule has 1 aliphatic rings. The molecule has 1 aromatic rings. The molecule has 17 heavy (non-hydrogen) atoms. The van der Waals surface area contributed by atoms with Gasteiger partial charge in [0.2, 0.25) is 10.0 Å². The van der Waals surface area contributed by atoms with Gasteiger partial charge in [0.05, 0.1) is 5.75 Å². The zero-order chi connectivity index (χ0) is 12.3. The molecule has 0 spiro atoms. The zero-order valence-corrected chi connectivity index (χ0v) is 11.5. The Kier molecular flexibility index (Phi) is 4.19. The van der Waals surface area contributed by atoms with Crippen molar-refractivity contribution >= 4 is 21.4 Å². The summed E-state index contributed by atoms with van der Waals surface area (Å²) in [6.07, 6.45) is 2.03. The van der Waals surface area contributed by atoms with Crippen molar-refractivity contribution in [1.29, 1.82) is 0 Å². The van der Waals surface area contributed by atoms with Gasteiger partial charge in [0, 0.05) is 12.6 Å². The van der Waals surface area contributed by atoms with Crippen LogP contribution in [0.3, 0.4) is 0 Å². The third kappa shape index (κ3) is 3.77. The van der Waals surface area contributed by atoms with Gasteiger partial charge in [0.1, 0.15) is 0 Å². The van der Waals surface area contributed by atoms with E-state index in [-0.39, 0.29) is 11.8 Å². The zero-order valence-electron chi connectivity index (χ0n) is 9.90. The lowest BCUT2D eigenvalue weighted by atomic mass is 10.2. The van der Waals surface area contributed by atoms with Gasteiger partial charge in [-0.3, -0.25) is 0 Å². The second-order valence-electron chi connectivity index (χ2n) is 4.48. The predicted molar refractivity (Wildman–Crippen MR) is 70.7 cm³/mol. The summed E-state index contributed by atoms with van der Waals surface area (Å²) in [6.45, 7) is 3.34. The van der Waals surface area contributed by atoms with Gasteiger partial charge in [-0.05, 0) is 48.2 Å². The van der Waals surface area contributed by atoms with E-state index in [2.05, 4.69) is 10.0 Å². The molecule has 0 bridgehead atoms. The number of nitrogens with one attached hydrogen (secondary N) is 2. The summed E-state index contributed by atoms with van der Waals surface area (Å²) in [5.41, 5.74) is 2.22. The number of aryl methyl sites for hydroxylation is 1. The number of sulfonamides is 1. The first kappa shape index (κ1) is 13.0. The Balaban J connectivity index is 1.87. The van der Waals surface area contributed by atoms with Gasteiger partial charge in [-0.15, -0.1) is 0 Å². The fourth-order valence-electron chi connectivity index (χ4n) is 1.98. The Morgan fingerprint density at radius 1 is 1.53 bits per heavy atom. The molecule has 1 aliphatic heterocycles. The van der Waals surface area contributed by atoms with E-state index in [1.54, 1.807) is 11.3 Å². The van der Waals surface area contributed by atoms with Crippen molar-refractivity contribution < 1.29 is 8.42 Å². The molecule has 0 aliphatic carbocycles. The second-order valence-corrected chi connectivity index (χ2v) is 7.07. The highest BCUT2D eigenvalue weighted by Gasteiger charge is 2.21. The van der Waals surface area contributed by atoms with Crippen LogP contribution >= 0.6 is 11.3 Å². The van der Waals surface area contributed by atoms with E-state index < -0.39 is 10.0 Å². The van der Waals surface area contributed by atoms with Crippen LogP contribution in [-0.4, -0.2) is 26.8 Å². The first-order valence-corrected chi connectivity index (χ1v) is 8.39. The lowest BCUT2D eigenvalue weighted by Gasteiger charge is -2.11. The van der Waals surface area contributed by atoms with Gasteiger partial charge in [-0.25, -0.2) is 13.1 Å². The van der Waals surface area contributed by atoms with Crippen molar-refractivity contribution in [2.24, 2.45) is 0 Å². The molecular weight excluding hydrogens is 256 g/mol. The standard InChI is InChI=1S/C11H18N2O2S2/c1-9-6-16-7-10(9)5-13-17(14,15)8-11-3-2-4-12-11/h6-7,11-13H,2-5,8H2,1H3. The van der Waals surface area contributed by atoms with Crippen molar-refractivity contribution in [3.05, 3.63) is 21.9 Å². The molecule has 6 heteroatoms. The summed E-state index contributed by atoms with van der Waals surface area (Å²) >= 11 is 1.60. The number of hydrogen-bond donors (Lipinski definition) is 2. The Hall–Kier alpha value is -0.430. The summed E-state index contributed by atoms with van der Waals surface area (Å²) in [5.74, 6) is 0.191. The van der Waals surface area contributed by atoms with Crippen LogP contribution in [0, 0.1) is 6.92 Å². The average Bonchev–Trinajstić information content (AvgIpc) is 2.87. The quantitative estimate of drug-likeness (QED) is 0.849. The van der Waals surface area contributed by atoms with Crippen LogP contribution in [0.4, 0.5) is 0 Å². The molecule has 2 rings (SSSR count). The third-order valence-electron chi connectivity index (χ3n) is 3.03. The fourth-order valence-corrected chi connectivity index (χ4v) is 4.14. The Bertz CT molecular complexity index is 462. The molecule has 1 atom stereocenters. The van der Waals surface area contributed by atoms with E-state index in [9.17, 15) is 8.42 Å². The summed E-state index contributed by atoms with van der Waals surface area (Å²) in [6, 6.07) is 0.121. The predicted octanol–water partition coefficient (Wildman–Crippen LogP) is 1.23. The van der Waals surface area contributed by atoms with Crippen LogP contribution in [0.5, 0.6) is 0 Å². The maximum absolute atomic E-state index is 11.8. The highest BCUT2D eigenvalue weighted by molar-refractivity contribution is 7.89. The van der Waals surface area contributed by atoms with Crippen LogP contribution < -0.4 is 10.0 Å². The van der Waals surface area contributed by atoms with Crippen LogP contribution in [0.1, 0.15) is 24.0 Å². The summed E-state index contributed by atoms with van der Waals surface area (Å²) in [5, 5.41) is 7.22. The van der Waals surface area contributed by atoms with Crippen LogP contribution in [0.2, 0.25) is 0 Å². The number of rotatable bonds is 5. The maximum Gasteiger partial charge on any atom is 0.213 e. The highest BCUT2D eigenvalue weighted by Crippen LogP contribution is 2.14. The molecule has 1 saturated heterocycles. The molecule has 0 amide bonds.